The van der Waals surface area contributed by atoms with E-state index in [2.05, 4.69) is 20.8 Å². The van der Waals surface area contributed by atoms with Crippen LogP contribution in [0.3, 0.4) is 0 Å². The minimum atomic E-state index is -0.167. The molecule has 4 saturated carbocycles. The number of carbonyl (C=O) groups is 2. The molecule has 0 aromatic heterocycles. The Morgan fingerprint density at radius 1 is 1.07 bits per heavy atom. The van der Waals surface area contributed by atoms with Crippen LogP contribution >= 0.6 is 0 Å². The summed E-state index contributed by atoms with van der Waals surface area (Å²) in [5.74, 6) is 3.09. The Bertz CT molecular complexity index is 717. The van der Waals surface area contributed by atoms with Crippen LogP contribution in [0.15, 0.2) is 0 Å². The molecule has 0 aromatic rings. The zero-order valence-corrected chi connectivity index (χ0v) is 18.1. The number of Topliss-reactive ketones (excluding diaryl/α,β-unsaturated/α-hetero) is 1. The second-order valence-electron chi connectivity index (χ2n) is 11.3. The van der Waals surface area contributed by atoms with Crippen LogP contribution in [0, 0.1) is 40.4 Å². The number of hydrogen-bond acceptors (Lipinski definition) is 4. The second kappa shape index (κ2) is 5.83. The van der Waals surface area contributed by atoms with Crippen LogP contribution in [0.2, 0.25) is 0 Å². The highest BCUT2D eigenvalue weighted by Crippen LogP contribution is 2.74. The summed E-state index contributed by atoms with van der Waals surface area (Å²) in [6.45, 7) is 10.6. The molecule has 0 aromatic carbocycles. The van der Waals surface area contributed by atoms with Crippen molar-refractivity contribution in [1.29, 1.82) is 0 Å². The fourth-order valence-electron chi connectivity index (χ4n) is 9.15. The van der Waals surface area contributed by atoms with Gasteiger partial charge >= 0.3 is 5.97 Å². The molecule has 5 fully saturated rings. The Morgan fingerprint density at radius 3 is 2.50 bits per heavy atom. The van der Waals surface area contributed by atoms with Crippen molar-refractivity contribution in [1.82, 2.24) is 0 Å². The molecule has 4 heteroatoms. The molecule has 0 radical (unpaired) electrons. The van der Waals surface area contributed by atoms with Gasteiger partial charge in [0.1, 0.15) is 17.5 Å². The second-order valence-corrected chi connectivity index (χ2v) is 11.3. The molecule has 28 heavy (non-hydrogen) atoms. The minimum absolute atomic E-state index is 0.0217. The average molecular weight is 389 g/mol. The highest BCUT2D eigenvalue weighted by atomic mass is 16.6. The van der Waals surface area contributed by atoms with Crippen LogP contribution in [0.25, 0.3) is 0 Å². The SMILES string of the molecule is CC(=O)O[C@@H]1CC[C@]2(C)[C@@H]3CC[C@@]4(C)[C@@H]([C@H]3C[C@@H]3O[C@@]32C1)[C@@H](C)C[C@H]4C(C)=O. The summed E-state index contributed by atoms with van der Waals surface area (Å²) in [6, 6.07) is 0. The van der Waals surface area contributed by atoms with Gasteiger partial charge in [-0.05, 0) is 74.5 Å². The molecule has 5 rings (SSSR count). The molecule has 156 valence electrons. The molecule has 0 unspecified atom stereocenters. The number of carbonyl (C=O) groups excluding carboxylic acids is 2. The summed E-state index contributed by atoms with van der Waals surface area (Å²) in [6.07, 6.45) is 7.89. The summed E-state index contributed by atoms with van der Waals surface area (Å²) in [5, 5.41) is 0. The van der Waals surface area contributed by atoms with E-state index < -0.39 is 0 Å². The summed E-state index contributed by atoms with van der Waals surface area (Å²) >= 11 is 0. The maximum absolute atomic E-state index is 12.4. The summed E-state index contributed by atoms with van der Waals surface area (Å²) in [5.41, 5.74) is 0.293. The lowest BCUT2D eigenvalue weighted by Crippen LogP contribution is -2.59. The third-order valence-corrected chi connectivity index (χ3v) is 10.2. The van der Waals surface area contributed by atoms with Gasteiger partial charge in [-0.2, -0.15) is 0 Å². The van der Waals surface area contributed by atoms with E-state index in [1.807, 2.05) is 6.92 Å². The van der Waals surface area contributed by atoms with Crippen molar-refractivity contribution in [2.45, 2.75) is 97.4 Å². The highest BCUT2D eigenvalue weighted by Gasteiger charge is 2.76. The third kappa shape index (κ3) is 2.27. The fourth-order valence-corrected chi connectivity index (χ4v) is 9.15. The standard InChI is InChI=1S/C24H36O4/c1-13-10-19(14(2)25)22(4)8-7-18-17(21(13)22)11-20-24(28-20)12-16(27-15(3)26)6-9-23(18,24)5/h13,16-21H,6-12H2,1-5H3/t13-,16+,17-,18+,19-,20-,21+,22+,23+,24-/m0/s1. The van der Waals surface area contributed by atoms with E-state index in [9.17, 15) is 9.59 Å². The van der Waals surface area contributed by atoms with Crippen LogP contribution in [0.5, 0.6) is 0 Å². The van der Waals surface area contributed by atoms with Crippen LogP contribution < -0.4 is 0 Å². The molecule has 0 bridgehead atoms. The maximum Gasteiger partial charge on any atom is 0.302 e. The van der Waals surface area contributed by atoms with Gasteiger partial charge in [0, 0.05) is 24.7 Å². The van der Waals surface area contributed by atoms with Crippen molar-refractivity contribution < 1.29 is 19.1 Å². The van der Waals surface area contributed by atoms with Crippen LogP contribution in [-0.4, -0.2) is 29.6 Å². The van der Waals surface area contributed by atoms with Gasteiger partial charge in [0.2, 0.25) is 0 Å². The van der Waals surface area contributed by atoms with E-state index in [-0.39, 0.29) is 34.4 Å². The first kappa shape index (κ1) is 19.1. The lowest BCUT2D eigenvalue weighted by atomic mass is 9.44. The molecule has 4 aliphatic carbocycles. The van der Waals surface area contributed by atoms with E-state index in [1.165, 1.54) is 19.8 Å². The predicted octanol–water partition coefficient (Wildman–Crippen LogP) is 4.54. The third-order valence-electron chi connectivity index (χ3n) is 10.2. The number of esters is 1. The molecule has 1 spiro atoms. The molecular formula is C24H36O4. The van der Waals surface area contributed by atoms with Crippen molar-refractivity contribution in [3.8, 4) is 0 Å². The zero-order chi connectivity index (χ0) is 20.1. The fraction of sp³-hybridized carbons (Fsp3) is 0.917. The molecule has 0 amide bonds. The lowest BCUT2D eigenvalue weighted by Gasteiger charge is -2.59. The number of fused-ring (bicyclic) bond motifs is 4. The maximum atomic E-state index is 12.4. The van der Waals surface area contributed by atoms with Gasteiger partial charge in [0.05, 0.1) is 6.10 Å². The largest absolute Gasteiger partial charge is 0.462 e. The quantitative estimate of drug-likeness (QED) is 0.515. The summed E-state index contributed by atoms with van der Waals surface area (Å²) in [7, 11) is 0. The van der Waals surface area contributed by atoms with E-state index in [4.69, 9.17) is 9.47 Å². The monoisotopic (exact) mass is 388 g/mol. The Morgan fingerprint density at radius 2 is 1.82 bits per heavy atom. The highest BCUT2D eigenvalue weighted by molar-refractivity contribution is 5.79. The Balaban J connectivity index is 1.45. The summed E-state index contributed by atoms with van der Waals surface area (Å²) < 4.78 is 12.1. The van der Waals surface area contributed by atoms with Gasteiger partial charge in [0.15, 0.2) is 0 Å². The minimum Gasteiger partial charge on any atom is -0.462 e. The van der Waals surface area contributed by atoms with Gasteiger partial charge in [-0.1, -0.05) is 20.8 Å². The van der Waals surface area contributed by atoms with Gasteiger partial charge in [-0.3, -0.25) is 9.59 Å². The average Bonchev–Trinajstić information content (AvgIpc) is 3.21. The molecular weight excluding hydrogens is 352 g/mol. The van der Waals surface area contributed by atoms with E-state index in [0.717, 1.165) is 32.1 Å². The predicted molar refractivity (Wildman–Crippen MR) is 105 cm³/mol. The number of epoxide rings is 1. The number of rotatable bonds is 2. The van der Waals surface area contributed by atoms with Crippen molar-refractivity contribution in [3.63, 3.8) is 0 Å². The van der Waals surface area contributed by atoms with Crippen molar-refractivity contribution in [3.05, 3.63) is 0 Å². The first-order valence-electron chi connectivity index (χ1n) is 11.5. The van der Waals surface area contributed by atoms with E-state index in [1.54, 1.807) is 0 Å². The van der Waals surface area contributed by atoms with Crippen LogP contribution in [0.4, 0.5) is 0 Å². The Labute approximate surface area is 169 Å². The van der Waals surface area contributed by atoms with Crippen molar-refractivity contribution in [2.75, 3.05) is 0 Å². The molecule has 10 atom stereocenters. The summed E-state index contributed by atoms with van der Waals surface area (Å²) in [4.78, 5) is 23.9. The van der Waals surface area contributed by atoms with Crippen LogP contribution in [-0.2, 0) is 19.1 Å². The lowest BCUT2D eigenvalue weighted by molar-refractivity contribution is -0.159. The number of ketones is 1. The normalized spacial score (nSPS) is 56.7. The van der Waals surface area contributed by atoms with Gasteiger partial charge in [-0.15, -0.1) is 0 Å². The Kier molecular flexibility index (Phi) is 3.98. The molecule has 1 saturated heterocycles. The smallest absolute Gasteiger partial charge is 0.302 e. The van der Waals surface area contributed by atoms with Gasteiger partial charge in [-0.25, -0.2) is 0 Å². The zero-order valence-electron chi connectivity index (χ0n) is 18.1. The van der Waals surface area contributed by atoms with E-state index >= 15 is 0 Å². The number of ether oxygens (including phenoxy) is 2. The van der Waals surface area contributed by atoms with Crippen molar-refractivity contribution >= 4 is 11.8 Å². The van der Waals surface area contributed by atoms with Crippen molar-refractivity contribution in [2.24, 2.45) is 40.4 Å². The topological polar surface area (TPSA) is 55.9 Å². The number of hydrogen-bond donors (Lipinski definition) is 0. The Hall–Kier alpha value is -0.900. The van der Waals surface area contributed by atoms with Gasteiger partial charge < -0.3 is 9.47 Å². The molecule has 0 N–H and O–H groups in total. The van der Waals surface area contributed by atoms with E-state index in [0.29, 0.717) is 35.6 Å². The first-order valence-corrected chi connectivity index (χ1v) is 11.5. The van der Waals surface area contributed by atoms with Gasteiger partial charge in [0.25, 0.3) is 0 Å². The van der Waals surface area contributed by atoms with Crippen LogP contribution in [0.1, 0.15) is 79.6 Å². The first-order chi connectivity index (χ1) is 13.1. The molecule has 1 aliphatic heterocycles. The molecule has 4 nitrogen and oxygen atoms in total. The molecule has 5 aliphatic rings. The molecule has 1 heterocycles.